The van der Waals surface area contributed by atoms with Gasteiger partial charge < -0.3 is 11.1 Å². The van der Waals surface area contributed by atoms with E-state index in [9.17, 15) is 13.2 Å². The zero-order valence-corrected chi connectivity index (χ0v) is 13.1. The minimum atomic E-state index is -2.88. The number of nitrogens with zero attached hydrogens (tertiary/aromatic N) is 1. The fourth-order valence-corrected chi connectivity index (χ4v) is 5.35. The van der Waals surface area contributed by atoms with Crippen LogP contribution < -0.4 is 11.1 Å². The molecule has 0 radical (unpaired) electrons. The molecular formula is C13H25N3O3S. The Kier molecular flexibility index (Phi) is 4.41. The second kappa shape index (κ2) is 5.61. The average Bonchev–Trinajstić information content (AvgIpc) is 2.78. The number of sulfone groups is 1. The molecule has 1 saturated heterocycles. The van der Waals surface area contributed by atoms with E-state index in [0.29, 0.717) is 12.8 Å². The van der Waals surface area contributed by atoms with Crippen LogP contribution in [0.1, 0.15) is 32.1 Å². The third-order valence-corrected chi connectivity index (χ3v) is 6.79. The van der Waals surface area contributed by atoms with Gasteiger partial charge in [-0.2, -0.15) is 0 Å². The molecule has 116 valence electrons. The van der Waals surface area contributed by atoms with E-state index in [1.807, 2.05) is 7.05 Å². The van der Waals surface area contributed by atoms with Crippen molar-refractivity contribution in [3.63, 3.8) is 0 Å². The first-order chi connectivity index (χ1) is 9.30. The lowest BCUT2D eigenvalue weighted by Gasteiger charge is -2.43. The second-order valence-corrected chi connectivity index (χ2v) is 8.40. The Morgan fingerprint density at radius 1 is 1.35 bits per heavy atom. The predicted molar refractivity (Wildman–Crippen MR) is 78.1 cm³/mol. The van der Waals surface area contributed by atoms with Crippen molar-refractivity contribution in [2.24, 2.45) is 5.73 Å². The van der Waals surface area contributed by atoms with E-state index in [1.165, 1.54) is 0 Å². The van der Waals surface area contributed by atoms with Gasteiger partial charge in [-0.1, -0.05) is 0 Å². The molecule has 2 fully saturated rings. The number of carbonyl (C=O) groups excluding carboxylic acids is 1. The summed E-state index contributed by atoms with van der Waals surface area (Å²) in [6, 6.07) is 0.285. The minimum Gasteiger partial charge on any atom is -0.368 e. The normalized spacial score (nSPS) is 37.1. The molecule has 2 rings (SSSR count). The predicted octanol–water partition coefficient (Wildman–Crippen LogP) is -0.509. The maximum atomic E-state index is 11.7. The highest BCUT2D eigenvalue weighted by Gasteiger charge is 2.43. The maximum absolute atomic E-state index is 11.7. The molecule has 20 heavy (non-hydrogen) atoms. The van der Waals surface area contributed by atoms with Gasteiger partial charge >= 0.3 is 0 Å². The molecule has 0 bridgehead atoms. The van der Waals surface area contributed by atoms with Crippen LogP contribution in [-0.2, 0) is 14.6 Å². The highest BCUT2D eigenvalue weighted by molar-refractivity contribution is 7.91. The molecule has 0 aromatic rings. The van der Waals surface area contributed by atoms with Crippen LogP contribution in [0.25, 0.3) is 0 Å². The van der Waals surface area contributed by atoms with E-state index in [1.54, 1.807) is 7.05 Å². The Morgan fingerprint density at radius 3 is 2.55 bits per heavy atom. The summed E-state index contributed by atoms with van der Waals surface area (Å²) in [6.45, 7) is 0. The van der Waals surface area contributed by atoms with Gasteiger partial charge in [0, 0.05) is 12.1 Å². The first kappa shape index (κ1) is 15.7. The van der Waals surface area contributed by atoms with E-state index in [2.05, 4.69) is 10.2 Å². The van der Waals surface area contributed by atoms with Crippen LogP contribution in [0.5, 0.6) is 0 Å². The van der Waals surface area contributed by atoms with Gasteiger partial charge in [0.05, 0.1) is 17.0 Å². The van der Waals surface area contributed by atoms with Gasteiger partial charge in [-0.25, -0.2) is 8.42 Å². The van der Waals surface area contributed by atoms with E-state index < -0.39 is 15.4 Å². The van der Waals surface area contributed by atoms with E-state index in [-0.39, 0.29) is 29.5 Å². The van der Waals surface area contributed by atoms with E-state index >= 15 is 0 Å². The Bertz CT molecular complexity index is 479. The number of carbonyl (C=O) groups is 1. The van der Waals surface area contributed by atoms with E-state index in [0.717, 1.165) is 19.3 Å². The van der Waals surface area contributed by atoms with Gasteiger partial charge in [-0.3, -0.25) is 9.69 Å². The molecule has 6 nitrogen and oxygen atoms in total. The molecule has 3 unspecified atom stereocenters. The third-order valence-electron chi connectivity index (χ3n) is 5.04. The molecule has 3 atom stereocenters. The molecule has 2 aliphatic rings. The summed E-state index contributed by atoms with van der Waals surface area (Å²) < 4.78 is 23.2. The standard InChI is InChI=1S/C13H25N3O3S/c1-15-13(12(14)17)6-3-4-10(8-13)16(2)11-5-7-20(18,19)9-11/h10-11,15H,3-9H2,1-2H3,(H2,14,17). The lowest BCUT2D eigenvalue weighted by molar-refractivity contribution is -0.126. The van der Waals surface area contributed by atoms with Gasteiger partial charge in [0.2, 0.25) is 5.91 Å². The molecule has 1 saturated carbocycles. The van der Waals surface area contributed by atoms with E-state index in [4.69, 9.17) is 5.73 Å². The van der Waals surface area contributed by atoms with Crippen molar-refractivity contribution >= 4 is 15.7 Å². The summed E-state index contributed by atoms with van der Waals surface area (Å²) in [5.41, 5.74) is 4.91. The van der Waals surface area contributed by atoms with Gasteiger partial charge in [-0.05, 0) is 46.2 Å². The molecule has 0 spiro atoms. The van der Waals surface area contributed by atoms with Crippen molar-refractivity contribution in [1.29, 1.82) is 0 Å². The highest BCUT2D eigenvalue weighted by Crippen LogP contribution is 2.32. The quantitative estimate of drug-likeness (QED) is 0.730. The zero-order valence-electron chi connectivity index (χ0n) is 12.3. The van der Waals surface area contributed by atoms with Gasteiger partial charge in [0.25, 0.3) is 0 Å². The Labute approximate surface area is 121 Å². The largest absolute Gasteiger partial charge is 0.368 e. The molecule has 1 amide bonds. The van der Waals surface area contributed by atoms with Crippen LogP contribution in [0.4, 0.5) is 0 Å². The van der Waals surface area contributed by atoms with Gasteiger partial charge in [0.15, 0.2) is 9.84 Å². The lowest BCUT2D eigenvalue weighted by atomic mass is 9.77. The molecular weight excluding hydrogens is 278 g/mol. The number of likely N-dealkylation sites (N-methyl/N-ethyl adjacent to an activating group) is 1. The summed E-state index contributed by atoms with van der Waals surface area (Å²) in [5, 5.41) is 3.09. The van der Waals surface area contributed by atoms with Gasteiger partial charge in [-0.15, -0.1) is 0 Å². The Balaban J connectivity index is 2.07. The topological polar surface area (TPSA) is 92.5 Å². The smallest absolute Gasteiger partial charge is 0.237 e. The average molecular weight is 303 g/mol. The second-order valence-electron chi connectivity index (χ2n) is 6.17. The summed E-state index contributed by atoms with van der Waals surface area (Å²) in [4.78, 5) is 13.9. The molecule has 1 heterocycles. The number of nitrogens with one attached hydrogen (secondary N) is 1. The Hall–Kier alpha value is -0.660. The number of hydrogen-bond acceptors (Lipinski definition) is 5. The molecule has 1 aliphatic carbocycles. The molecule has 3 N–H and O–H groups in total. The molecule has 0 aromatic carbocycles. The lowest BCUT2D eigenvalue weighted by Crippen LogP contribution is -2.60. The number of rotatable bonds is 4. The molecule has 7 heteroatoms. The summed E-state index contributed by atoms with van der Waals surface area (Å²) in [7, 11) is 0.867. The summed E-state index contributed by atoms with van der Waals surface area (Å²) in [5.74, 6) is 0.210. The SMILES string of the molecule is CNC1(C(N)=O)CCCC(N(C)C2CCS(=O)(=O)C2)C1. The first-order valence-corrected chi connectivity index (χ1v) is 9.03. The van der Waals surface area contributed by atoms with Crippen molar-refractivity contribution < 1.29 is 13.2 Å². The zero-order chi connectivity index (χ0) is 15.0. The first-order valence-electron chi connectivity index (χ1n) is 7.21. The highest BCUT2D eigenvalue weighted by atomic mass is 32.2. The van der Waals surface area contributed by atoms with Crippen LogP contribution in [0.3, 0.4) is 0 Å². The van der Waals surface area contributed by atoms with Crippen LogP contribution in [-0.4, -0.2) is 62.4 Å². The molecule has 1 aliphatic heterocycles. The van der Waals surface area contributed by atoms with Crippen LogP contribution >= 0.6 is 0 Å². The number of primary amides is 1. The fourth-order valence-electron chi connectivity index (χ4n) is 3.56. The van der Waals surface area contributed by atoms with Crippen molar-refractivity contribution in [3.8, 4) is 0 Å². The van der Waals surface area contributed by atoms with Gasteiger partial charge in [0.1, 0.15) is 0 Å². The number of nitrogens with two attached hydrogens (primary N) is 1. The summed E-state index contributed by atoms with van der Waals surface area (Å²) in [6.07, 6.45) is 4.03. The van der Waals surface area contributed by atoms with Crippen LogP contribution in [0, 0.1) is 0 Å². The molecule has 0 aromatic heterocycles. The maximum Gasteiger partial charge on any atom is 0.237 e. The summed E-state index contributed by atoms with van der Waals surface area (Å²) >= 11 is 0. The van der Waals surface area contributed by atoms with Crippen molar-refractivity contribution in [3.05, 3.63) is 0 Å². The Morgan fingerprint density at radius 2 is 2.05 bits per heavy atom. The number of hydrogen-bond donors (Lipinski definition) is 2. The third kappa shape index (κ3) is 2.99. The van der Waals surface area contributed by atoms with Crippen molar-refractivity contribution in [2.75, 3.05) is 25.6 Å². The monoisotopic (exact) mass is 303 g/mol. The fraction of sp³-hybridized carbons (Fsp3) is 0.923. The van der Waals surface area contributed by atoms with Crippen LogP contribution in [0.15, 0.2) is 0 Å². The number of amides is 1. The van der Waals surface area contributed by atoms with Crippen molar-refractivity contribution in [2.45, 2.75) is 49.7 Å². The minimum absolute atomic E-state index is 0.0746. The van der Waals surface area contributed by atoms with Crippen LogP contribution in [0.2, 0.25) is 0 Å². The van der Waals surface area contributed by atoms with Crippen molar-refractivity contribution in [1.82, 2.24) is 10.2 Å².